The van der Waals surface area contributed by atoms with Gasteiger partial charge in [0.05, 0.1) is 5.75 Å². The van der Waals surface area contributed by atoms with Crippen LogP contribution < -0.4 is 5.32 Å². The molecule has 6 heteroatoms. The summed E-state index contributed by atoms with van der Waals surface area (Å²) in [6, 6.07) is 15.2. The first-order valence-corrected chi connectivity index (χ1v) is 10.9. The molecule has 0 aliphatic rings. The molecule has 4 nitrogen and oxygen atoms in total. The van der Waals surface area contributed by atoms with Crippen molar-refractivity contribution in [3.8, 4) is 0 Å². The van der Waals surface area contributed by atoms with Gasteiger partial charge in [0.15, 0.2) is 0 Å². The van der Waals surface area contributed by atoms with Crippen LogP contribution in [0.1, 0.15) is 30.0 Å². The predicted molar refractivity (Wildman–Crippen MR) is 117 cm³/mol. The van der Waals surface area contributed by atoms with Crippen LogP contribution in [-0.4, -0.2) is 35.6 Å². The first-order chi connectivity index (χ1) is 13.5. The van der Waals surface area contributed by atoms with Gasteiger partial charge in [0.2, 0.25) is 11.8 Å². The summed E-state index contributed by atoms with van der Waals surface area (Å²) in [6.45, 7) is 4.28. The van der Waals surface area contributed by atoms with Crippen molar-refractivity contribution in [2.24, 2.45) is 0 Å². The van der Waals surface area contributed by atoms with Crippen LogP contribution >= 0.6 is 23.4 Å². The van der Waals surface area contributed by atoms with Gasteiger partial charge in [0.25, 0.3) is 0 Å². The molecular formula is C22H27ClN2O2S. The molecule has 2 rings (SSSR count). The lowest BCUT2D eigenvalue weighted by atomic mass is 10.1. The molecule has 0 aromatic heterocycles. The Morgan fingerprint density at radius 2 is 1.93 bits per heavy atom. The smallest absolute Gasteiger partial charge is 0.242 e. The summed E-state index contributed by atoms with van der Waals surface area (Å²) >= 11 is 7.85. The molecule has 150 valence electrons. The molecule has 2 amide bonds. The lowest BCUT2D eigenvalue weighted by Gasteiger charge is -2.30. The summed E-state index contributed by atoms with van der Waals surface area (Å²) in [4.78, 5) is 27.0. The fourth-order valence-corrected chi connectivity index (χ4v) is 4.09. The van der Waals surface area contributed by atoms with Gasteiger partial charge in [0.1, 0.15) is 6.04 Å². The van der Waals surface area contributed by atoms with Crippen LogP contribution in [-0.2, 0) is 21.9 Å². The van der Waals surface area contributed by atoms with Crippen LogP contribution in [0.25, 0.3) is 0 Å². The zero-order valence-electron chi connectivity index (χ0n) is 16.6. The number of nitrogens with one attached hydrogen (secondary N) is 1. The quantitative estimate of drug-likeness (QED) is 0.655. The van der Waals surface area contributed by atoms with E-state index in [1.807, 2.05) is 31.2 Å². The topological polar surface area (TPSA) is 49.4 Å². The lowest BCUT2D eigenvalue weighted by molar-refractivity contribution is -0.139. The summed E-state index contributed by atoms with van der Waals surface area (Å²) in [5, 5.41) is 3.26. The van der Waals surface area contributed by atoms with Crippen LogP contribution in [0.4, 0.5) is 0 Å². The fraction of sp³-hybridized carbons (Fsp3) is 0.364. The molecule has 0 heterocycles. The number of benzene rings is 2. The third-order valence-corrected chi connectivity index (χ3v) is 5.86. The largest absolute Gasteiger partial charge is 0.357 e. The van der Waals surface area contributed by atoms with Crippen LogP contribution in [0.5, 0.6) is 0 Å². The maximum Gasteiger partial charge on any atom is 0.242 e. The normalized spacial score (nSPS) is 11.7. The SMILES string of the molecule is CC[C@H](C(=O)NC)N(Cc1ccccc1Cl)C(=O)CSCc1cccc(C)c1. The van der Waals surface area contributed by atoms with Gasteiger partial charge in [-0.25, -0.2) is 0 Å². The third kappa shape index (κ3) is 6.28. The molecule has 28 heavy (non-hydrogen) atoms. The molecule has 1 atom stereocenters. The van der Waals surface area contributed by atoms with Crippen LogP contribution in [0.15, 0.2) is 48.5 Å². The molecule has 0 aliphatic carbocycles. The highest BCUT2D eigenvalue weighted by molar-refractivity contribution is 7.99. The Kier molecular flexibility index (Phi) is 8.87. The molecule has 0 saturated carbocycles. The van der Waals surface area contributed by atoms with E-state index in [4.69, 9.17) is 11.6 Å². The summed E-state index contributed by atoms with van der Waals surface area (Å²) < 4.78 is 0. The van der Waals surface area contributed by atoms with Crippen molar-refractivity contribution in [3.63, 3.8) is 0 Å². The Balaban J connectivity index is 2.11. The standard InChI is InChI=1S/C22H27ClN2O2S/c1-4-20(22(27)24-3)25(13-18-10-5-6-11-19(18)23)21(26)15-28-14-17-9-7-8-16(2)12-17/h5-12,20H,4,13-15H2,1-3H3,(H,24,27)/t20-/m1/s1. The Morgan fingerprint density at radius 3 is 2.57 bits per heavy atom. The number of hydrogen-bond acceptors (Lipinski definition) is 3. The average Bonchev–Trinajstić information content (AvgIpc) is 2.69. The molecule has 0 fully saturated rings. The van der Waals surface area contributed by atoms with Crippen molar-refractivity contribution in [2.75, 3.05) is 12.8 Å². The Morgan fingerprint density at radius 1 is 1.18 bits per heavy atom. The van der Waals surface area contributed by atoms with Crippen LogP contribution in [0.3, 0.4) is 0 Å². The second kappa shape index (κ2) is 11.1. The minimum Gasteiger partial charge on any atom is -0.357 e. The number of aryl methyl sites for hydroxylation is 1. The molecule has 0 spiro atoms. The number of carbonyl (C=O) groups excluding carboxylic acids is 2. The maximum absolute atomic E-state index is 13.0. The Bertz CT molecular complexity index is 813. The van der Waals surface area contributed by atoms with E-state index < -0.39 is 6.04 Å². The van der Waals surface area contributed by atoms with Crippen molar-refractivity contribution in [1.29, 1.82) is 0 Å². The van der Waals surface area contributed by atoms with Crippen molar-refractivity contribution in [3.05, 3.63) is 70.2 Å². The van der Waals surface area contributed by atoms with Gasteiger partial charge >= 0.3 is 0 Å². The summed E-state index contributed by atoms with van der Waals surface area (Å²) in [5.41, 5.74) is 3.23. The van der Waals surface area contributed by atoms with E-state index in [-0.39, 0.29) is 11.8 Å². The number of halogens is 1. The van der Waals surface area contributed by atoms with Crippen molar-refractivity contribution in [2.45, 2.75) is 38.6 Å². The highest BCUT2D eigenvalue weighted by atomic mass is 35.5. The van der Waals surface area contributed by atoms with E-state index in [2.05, 4.69) is 30.4 Å². The number of rotatable bonds is 9. The van der Waals surface area contributed by atoms with E-state index in [1.165, 1.54) is 11.1 Å². The molecule has 2 aromatic rings. The first-order valence-electron chi connectivity index (χ1n) is 9.34. The number of hydrogen-bond donors (Lipinski definition) is 1. The van der Waals surface area contributed by atoms with E-state index >= 15 is 0 Å². The average molecular weight is 419 g/mol. The second-order valence-electron chi connectivity index (χ2n) is 6.63. The molecule has 0 bridgehead atoms. The zero-order chi connectivity index (χ0) is 20.5. The van der Waals surface area contributed by atoms with Gasteiger partial charge in [-0.2, -0.15) is 0 Å². The van der Waals surface area contributed by atoms with Gasteiger partial charge in [-0.15, -0.1) is 11.8 Å². The van der Waals surface area contributed by atoms with Crippen LogP contribution in [0.2, 0.25) is 5.02 Å². The van der Waals surface area contributed by atoms with Gasteiger partial charge in [-0.3, -0.25) is 9.59 Å². The Hall–Kier alpha value is -1.98. The summed E-state index contributed by atoms with van der Waals surface area (Å²) in [7, 11) is 1.59. The number of likely N-dealkylation sites (N-methyl/N-ethyl adjacent to an activating group) is 1. The van der Waals surface area contributed by atoms with Gasteiger partial charge in [0, 0.05) is 24.4 Å². The molecule has 0 saturated heterocycles. The minimum absolute atomic E-state index is 0.0620. The lowest BCUT2D eigenvalue weighted by Crippen LogP contribution is -2.48. The predicted octanol–water partition coefficient (Wildman–Crippen LogP) is 4.44. The fourth-order valence-electron chi connectivity index (χ4n) is 3.04. The number of amides is 2. The highest BCUT2D eigenvalue weighted by Crippen LogP contribution is 2.21. The number of nitrogens with zero attached hydrogens (tertiary/aromatic N) is 1. The highest BCUT2D eigenvalue weighted by Gasteiger charge is 2.28. The van der Waals surface area contributed by atoms with Crippen molar-refractivity contribution in [1.82, 2.24) is 10.2 Å². The van der Waals surface area contributed by atoms with Gasteiger partial charge in [-0.05, 0) is 30.5 Å². The monoisotopic (exact) mass is 418 g/mol. The van der Waals surface area contributed by atoms with E-state index in [0.717, 1.165) is 11.3 Å². The molecule has 0 unspecified atom stereocenters. The molecule has 0 radical (unpaired) electrons. The maximum atomic E-state index is 13.0. The van der Waals surface area contributed by atoms with Crippen molar-refractivity contribution < 1.29 is 9.59 Å². The molecule has 1 N–H and O–H groups in total. The third-order valence-electron chi connectivity index (χ3n) is 4.51. The minimum atomic E-state index is -0.520. The van der Waals surface area contributed by atoms with Gasteiger partial charge in [-0.1, -0.05) is 66.6 Å². The molecule has 0 aliphatic heterocycles. The summed E-state index contributed by atoms with van der Waals surface area (Å²) in [5.74, 6) is 0.843. The van der Waals surface area contributed by atoms with Crippen molar-refractivity contribution >= 4 is 35.2 Å². The van der Waals surface area contributed by atoms with Crippen LogP contribution in [0, 0.1) is 6.92 Å². The molecular weight excluding hydrogens is 392 g/mol. The first kappa shape index (κ1) is 22.3. The second-order valence-corrected chi connectivity index (χ2v) is 8.03. The molecule has 2 aromatic carbocycles. The number of thioether (sulfide) groups is 1. The van der Waals surface area contributed by atoms with E-state index in [0.29, 0.717) is 23.7 Å². The number of carbonyl (C=O) groups is 2. The van der Waals surface area contributed by atoms with E-state index in [1.54, 1.807) is 29.8 Å². The summed E-state index contributed by atoms with van der Waals surface area (Å²) in [6.07, 6.45) is 0.540. The van der Waals surface area contributed by atoms with Gasteiger partial charge < -0.3 is 10.2 Å². The zero-order valence-corrected chi connectivity index (χ0v) is 18.1. The Labute approximate surface area is 176 Å². The van der Waals surface area contributed by atoms with E-state index in [9.17, 15) is 9.59 Å².